The van der Waals surface area contributed by atoms with Crippen molar-refractivity contribution in [2.24, 2.45) is 0 Å². The number of rotatable bonds is 10. The fourth-order valence-electron chi connectivity index (χ4n) is 5.29. The minimum Gasteiger partial charge on any atom is -0.480 e. The lowest BCUT2D eigenvalue weighted by Gasteiger charge is -2.27. The summed E-state index contributed by atoms with van der Waals surface area (Å²) in [6, 6.07) is 19.1. The molecule has 0 bridgehead atoms. The van der Waals surface area contributed by atoms with Gasteiger partial charge in [0, 0.05) is 6.42 Å². The van der Waals surface area contributed by atoms with Gasteiger partial charge in [-0.15, -0.1) is 0 Å². The van der Waals surface area contributed by atoms with Crippen molar-refractivity contribution < 1.29 is 33.5 Å². The molecule has 0 spiro atoms. The number of fused-ring (bicyclic) bond motifs is 1. The summed E-state index contributed by atoms with van der Waals surface area (Å²) >= 11 is 0. The Morgan fingerprint density at radius 2 is 1.67 bits per heavy atom. The van der Waals surface area contributed by atoms with Crippen LogP contribution in [0.3, 0.4) is 0 Å². The molecule has 12 heteroatoms. The van der Waals surface area contributed by atoms with Gasteiger partial charge in [0.1, 0.15) is 11.8 Å². The Labute approximate surface area is 258 Å². The zero-order valence-corrected chi connectivity index (χ0v) is 24.5. The Hall–Kier alpha value is -5.78. The van der Waals surface area contributed by atoms with Gasteiger partial charge in [0.15, 0.2) is 5.75 Å². The van der Waals surface area contributed by atoms with E-state index in [4.69, 9.17) is 14.3 Å². The van der Waals surface area contributed by atoms with Gasteiger partial charge in [0.25, 0.3) is 11.8 Å². The van der Waals surface area contributed by atoms with Crippen LogP contribution in [0.15, 0.2) is 79.1 Å². The lowest BCUT2D eigenvalue weighted by Crippen LogP contribution is -2.54. The number of hydrogen-bond acceptors (Lipinski definition) is 10. The van der Waals surface area contributed by atoms with Crippen molar-refractivity contribution in [3.63, 3.8) is 0 Å². The summed E-state index contributed by atoms with van der Waals surface area (Å²) < 4.78 is 10.8. The van der Waals surface area contributed by atoms with Crippen LogP contribution in [0, 0.1) is 0 Å². The van der Waals surface area contributed by atoms with Gasteiger partial charge < -0.3 is 14.3 Å². The van der Waals surface area contributed by atoms with E-state index in [1.165, 1.54) is 31.6 Å². The maximum absolute atomic E-state index is 13.1. The summed E-state index contributed by atoms with van der Waals surface area (Å²) in [6.07, 6.45) is 3.93. The second-order valence-corrected chi connectivity index (χ2v) is 10.7. The molecule has 2 aliphatic heterocycles. The molecule has 0 aliphatic carbocycles. The van der Waals surface area contributed by atoms with Gasteiger partial charge in [-0.05, 0) is 72.4 Å². The molecule has 2 aliphatic rings. The van der Waals surface area contributed by atoms with E-state index < -0.39 is 29.7 Å². The molecule has 6 rings (SSSR count). The second kappa shape index (κ2) is 12.4. The number of imide groups is 2. The van der Waals surface area contributed by atoms with Gasteiger partial charge >= 0.3 is 0 Å². The van der Waals surface area contributed by atoms with Crippen LogP contribution in [0.4, 0.5) is 5.69 Å². The van der Waals surface area contributed by atoms with Crippen LogP contribution in [-0.2, 0) is 16.0 Å². The van der Waals surface area contributed by atoms with Crippen molar-refractivity contribution in [1.29, 1.82) is 0 Å². The number of carbonyl (C=O) groups excluding carboxylic acids is 4. The molecule has 0 saturated carbocycles. The number of piperidine rings is 1. The molecule has 3 aromatic carbocycles. The Kier molecular flexibility index (Phi) is 8.10. The van der Waals surface area contributed by atoms with Crippen LogP contribution in [0.1, 0.15) is 57.5 Å². The van der Waals surface area contributed by atoms with Gasteiger partial charge in [-0.1, -0.05) is 31.2 Å². The highest BCUT2D eigenvalue weighted by Gasteiger charge is 2.44. The van der Waals surface area contributed by atoms with E-state index in [9.17, 15) is 19.2 Å². The number of nitrogens with zero attached hydrogens (tertiary/aromatic N) is 3. The monoisotopic (exact) mass is 607 g/mol. The number of nitrogens with one attached hydrogen (secondary N) is 2. The average Bonchev–Trinajstić information content (AvgIpc) is 3.30. The standard InChI is InChI=1S/C33H29N5O7/c1-19(14-20-6-9-23(10-7-20)44-30-18-34-29(43-2)17-35-30)21-4-3-5-24(15-21)45-37-22-8-11-25-26(16-22)33(42)38(32(25)41)27-12-13-28(39)36-31(27)40/h3-11,15-19,27,37H,12-14H2,1-2H3,(H,36,39,40). The Morgan fingerprint density at radius 3 is 2.40 bits per heavy atom. The van der Waals surface area contributed by atoms with Gasteiger partial charge in [-0.3, -0.25) is 29.4 Å². The summed E-state index contributed by atoms with van der Waals surface area (Å²) in [5.74, 6) is -0.0459. The molecule has 12 nitrogen and oxygen atoms in total. The summed E-state index contributed by atoms with van der Waals surface area (Å²) in [6.45, 7) is 2.13. The number of aromatic nitrogens is 2. The minimum absolute atomic E-state index is 0.0603. The zero-order valence-electron chi connectivity index (χ0n) is 24.5. The third kappa shape index (κ3) is 6.30. The van der Waals surface area contributed by atoms with Crippen LogP contribution < -0.4 is 25.1 Å². The summed E-state index contributed by atoms with van der Waals surface area (Å²) in [5, 5.41) is 2.19. The fourth-order valence-corrected chi connectivity index (χ4v) is 5.29. The molecular weight excluding hydrogens is 578 g/mol. The number of ether oxygens (including phenoxy) is 2. The van der Waals surface area contributed by atoms with Crippen molar-refractivity contribution in [3.05, 3.63) is 101 Å². The highest BCUT2D eigenvalue weighted by atomic mass is 16.6. The fraction of sp³-hybridized carbons (Fsp3) is 0.212. The Morgan fingerprint density at radius 1 is 0.911 bits per heavy atom. The quantitative estimate of drug-likeness (QED) is 0.196. The Balaban J connectivity index is 1.06. The molecule has 1 fully saturated rings. The maximum atomic E-state index is 13.1. The van der Waals surface area contributed by atoms with Gasteiger partial charge in [-0.2, -0.15) is 0 Å². The highest BCUT2D eigenvalue weighted by molar-refractivity contribution is 6.23. The normalized spacial score (nSPS) is 16.6. The molecule has 3 heterocycles. The number of carbonyl (C=O) groups is 4. The average molecular weight is 608 g/mol. The molecule has 228 valence electrons. The molecule has 4 amide bonds. The molecule has 2 unspecified atom stereocenters. The van der Waals surface area contributed by atoms with Crippen molar-refractivity contribution in [3.8, 4) is 23.3 Å². The van der Waals surface area contributed by atoms with E-state index in [0.717, 1.165) is 22.4 Å². The van der Waals surface area contributed by atoms with Crippen molar-refractivity contribution >= 4 is 29.3 Å². The first kappa shape index (κ1) is 29.3. The summed E-state index contributed by atoms with van der Waals surface area (Å²) in [5.41, 5.74) is 5.86. The molecule has 1 aromatic heterocycles. The topological polar surface area (TPSA) is 149 Å². The number of amides is 4. The largest absolute Gasteiger partial charge is 0.480 e. The third-order valence-corrected chi connectivity index (χ3v) is 7.65. The van der Waals surface area contributed by atoms with E-state index in [1.54, 1.807) is 6.07 Å². The van der Waals surface area contributed by atoms with Crippen LogP contribution in [0.5, 0.6) is 23.3 Å². The van der Waals surface area contributed by atoms with E-state index in [0.29, 0.717) is 28.9 Å². The Bertz CT molecular complexity index is 1780. The first-order valence-electron chi connectivity index (χ1n) is 14.3. The van der Waals surface area contributed by atoms with Crippen molar-refractivity contribution in [2.45, 2.75) is 38.1 Å². The molecule has 4 aromatic rings. The third-order valence-electron chi connectivity index (χ3n) is 7.65. The van der Waals surface area contributed by atoms with E-state index >= 15 is 0 Å². The highest BCUT2D eigenvalue weighted by Crippen LogP contribution is 2.30. The summed E-state index contributed by atoms with van der Waals surface area (Å²) in [7, 11) is 1.52. The SMILES string of the molecule is COc1cnc(Oc2ccc(CC(C)c3cccc(ONc4ccc5c(c4)C(=O)N(C4CCC(=O)NC4=O)C5=O)c3)cc2)cn1. The predicted molar refractivity (Wildman–Crippen MR) is 161 cm³/mol. The van der Waals surface area contributed by atoms with Crippen molar-refractivity contribution in [2.75, 3.05) is 12.6 Å². The lowest BCUT2D eigenvalue weighted by atomic mass is 9.93. The van der Waals surface area contributed by atoms with Crippen LogP contribution in [0.25, 0.3) is 0 Å². The molecular formula is C33H29N5O7. The second-order valence-electron chi connectivity index (χ2n) is 10.7. The number of methoxy groups -OCH3 is 1. The maximum Gasteiger partial charge on any atom is 0.262 e. The predicted octanol–water partition coefficient (Wildman–Crippen LogP) is 4.43. The number of anilines is 1. The molecule has 45 heavy (non-hydrogen) atoms. The number of hydrogen-bond donors (Lipinski definition) is 2. The first-order chi connectivity index (χ1) is 21.8. The van der Waals surface area contributed by atoms with E-state index in [-0.39, 0.29) is 29.9 Å². The van der Waals surface area contributed by atoms with E-state index in [1.807, 2.05) is 48.5 Å². The first-order valence-corrected chi connectivity index (χ1v) is 14.3. The summed E-state index contributed by atoms with van der Waals surface area (Å²) in [4.78, 5) is 64.9. The van der Waals surface area contributed by atoms with Gasteiger partial charge in [0.2, 0.25) is 23.6 Å². The van der Waals surface area contributed by atoms with E-state index in [2.05, 4.69) is 27.7 Å². The zero-order chi connectivity index (χ0) is 31.5. The van der Waals surface area contributed by atoms with Gasteiger partial charge in [0.05, 0.1) is 36.3 Å². The van der Waals surface area contributed by atoms with Crippen molar-refractivity contribution in [1.82, 2.24) is 20.2 Å². The molecule has 2 N–H and O–H groups in total. The lowest BCUT2D eigenvalue weighted by molar-refractivity contribution is -0.136. The smallest absolute Gasteiger partial charge is 0.262 e. The van der Waals surface area contributed by atoms with Crippen LogP contribution >= 0.6 is 0 Å². The van der Waals surface area contributed by atoms with Gasteiger partial charge in [-0.25, -0.2) is 15.4 Å². The van der Waals surface area contributed by atoms with Crippen LogP contribution in [-0.4, -0.2) is 51.6 Å². The van der Waals surface area contributed by atoms with Crippen LogP contribution in [0.2, 0.25) is 0 Å². The number of benzene rings is 3. The minimum atomic E-state index is -1.02. The molecule has 0 radical (unpaired) electrons. The molecule has 1 saturated heterocycles. The molecule has 2 atom stereocenters.